The molecule has 1 amide bonds. The molecule has 0 atom stereocenters. The van der Waals surface area contributed by atoms with Crippen molar-refractivity contribution in [3.05, 3.63) is 63.6 Å². The van der Waals surface area contributed by atoms with E-state index in [2.05, 4.69) is 21.2 Å². The molecule has 0 radical (unpaired) electrons. The zero-order valence-corrected chi connectivity index (χ0v) is 13.0. The highest BCUT2D eigenvalue weighted by Crippen LogP contribution is 2.20. The van der Waals surface area contributed by atoms with Crippen molar-refractivity contribution in [3.8, 4) is 0 Å². The molecule has 0 saturated carbocycles. The minimum absolute atomic E-state index is 0.112. The summed E-state index contributed by atoms with van der Waals surface area (Å²) in [6.07, 6.45) is 0. The third-order valence-corrected chi connectivity index (χ3v) is 3.46. The van der Waals surface area contributed by atoms with Crippen LogP contribution in [0.4, 0.5) is 5.69 Å². The lowest BCUT2D eigenvalue weighted by Crippen LogP contribution is -2.12. The van der Waals surface area contributed by atoms with Crippen molar-refractivity contribution in [2.75, 3.05) is 12.4 Å². The molecule has 2 rings (SSSR count). The van der Waals surface area contributed by atoms with Crippen LogP contribution in [-0.4, -0.2) is 13.0 Å². The maximum atomic E-state index is 12.2. The number of anilines is 1. The van der Waals surface area contributed by atoms with Crippen LogP contribution in [0.3, 0.4) is 0 Å². The molecule has 2 aromatic carbocycles. The Morgan fingerprint density at radius 3 is 2.50 bits per heavy atom. The van der Waals surface area contributed by atoms with E-state index in [4.69, 9.17) is 4.74 Å². The molecule has 0 heterocycles. The topological polar surface area (TPSA) is 38.3 Å². The molecule has 0 spiro atoms. The van der Waals surface area contributed by atoms with Crippen molar-refractivity contribution < 1.29 is 9.53 Å². The van der Waals surface area contributed by atoms with Crippen LogP contribution < -0.4 is 5.32 Å². The minimum atomic E-state index is -0.112. The van der Waals surface area contributed by atoms with Gasteiger partial charge in [0.25, 0.3) is 5.91 Å². The van der Waals surface area contributed by atoms with E-state index in [1.165, 1.54) is 0 Å². The summed E-state index contributed by atoms with van der Waals surface area (Å²) in [7, 11) is 1.65. The number of methoxy groups -OCH3 is 1. The zero-order valence-electron chi connectivity index (χ0n) is 11.4. The smallest absolute Gasteiger partial charge is 0.255 e. The Balaban J connectivity index is 2.11. The van der Waals surface area contributed by atoms with Crippen LogP contribution in [0.5, 0.6) is 0 Å². The van der Waals surface area contributed by atoms with Gasteiger partial charge >= 0.3 is 0 Å². The largest absolute Gasteiger partial charge is 0.380 e. The van der Waals surface area contributed by atoms with Crippen molar-refractivity contribution in [2.45, 2.75) is 13.5 Å². The van der Waals surface area contributed by atoms with Gasteiger partial charge in [0.05, 0.1) is 6.61 Å². The molecule has 0 unspecified atom stereocenters. The van der Waals surface area contributed by atoms with Crippen LogP contribution in [0.1, 0.15) is 21.5 Å². The first kappa shape index (κ1) is 14.8. The standard InChI is InChI=1S/C16H16BrNO2/c1-11-9-14(17)7-8-15(11)18-16(19)13-5-3-12(4-6-13)10-20-2/h3-9H,10H2,1-2H3,(H,18,19). The molecule has 0 bridgehead atoms. The summed E-state index contributed by atoms with van der Waals surface area (Å²) in [6.45, 7) is 2.51. The molecule has 0 fully saturated rings. The summed E-state index contributed by atoms with van der Waals surface area (Å²) >= 11 is 3.41. The molecule has 1 N–H and O–H groups in total. The van der Waals surface area contributed by atoms with Gasteiger partial charge in [-0.2, -0.15) is 0 Å². The molecular formula is C16H16BrNO2. The Morgan fingerprint density at radius 1 is 1.20 bits per heavy atom. The fourth-order valence-corrected chi connectivity index (χ4v) is 2.36. The van der Waals surface area contributed by atoms with E-state index in [1.807, 2.05) is 37.3 Å². The van der Waals surface area contributed by atoms with Crippen molar-refractivity contribution in [3.63, 3.8) is 0 Å². The summed E-state index contributed by atoms with van der Waals surface area (Å²) in [4.78, 5) is 12.2. The van der Waals surface area contributed by atoms with E-state index in [0.717, 1.165) is 21.3 Å². The van der Waals surface area contributed by atoms with Crippen LogP contribution in [0, 0.1) is 6.92 Å². The second-order valence-electron chi connectivity index (χ2n) is 4.54. The molecule has 0 aliphatic heterocycles. The second kappa shape index (κ2) is 6.68. The number of hydrogen-bond acceptors (Lipinski definition) is 2. The van der Waals surface area contributed by atoms with E-state index >= 15 is 0 Å². The summed E-state index contributed by atoms with van der Waals surface area (Å²) in [5.41, 5.74) is 3.51. The van der Waals surface area contributed by atoms with Gasteiger partial charge in [-0.15, -0.1) is 0 Å². The lowest BCUT2D eigenvalue weighted by atomic mass is 10.1. The van der Waals surface area contributed by atoms with Crippen LogP contribution >= 0.6 is 15.9 Å². The zero-order chi connectivity index (χ0) is 14.5. The number of rotatable bonds is 4. The maximum Gasteiger partial charge on any atom is 0.255 e. The van der Waals surface area contributed by atoms with Crippen LogP contribution in [-0.2, 0) is 11.3 Å². The van der Waals surface area contributed by atoms with E-state index in [0.29, 0.717) is 12.2 Å². The molecule has 0 aromatic heterocycles. The maximum absolute atomic E-state index is 12.2. The predicted octanol–water partition coefficient (Wildman–Crippen LogP) is 4.16. The van der Waals surface area contributed by atoms with Crippen molar-refractivity contribution in [1.29, 1.82) is 0 Å². The van der Waals surface area contributed by atoms with Gasteiger partial charge < -0.3 is 10.1 Å². The number of benzene rings is 2. The summed E-state index contributed by atoms with van der Waals surface area (Å²) in [5, 5.41) is 2.91. The normalized spacial score (nSPS) is 10.3. The predicted molar refractivity (Wildman–Crippen MR) is 84.0 cm³/mol. The fourth-order valence-electron chi connectivity index (χ4n) is 1.88. The van der Waals surface area contributed by atoms with Gasteiger partial charge in [-0.1, -0.05) is 28.1 Å². The van der Waals surface area contributed by atoms with Crippen LogP contribution in [0.25, 0.3) is 0 Å². The first-order chi connectivity index (χ1) is 9.60. The van der Waals surface area contributed by atoms with Gasteiger partial charge in [-0.25, -0.2) is 0 Å². The number of hydrogen-bond donors (Lipinski definition) is 1. The van der Waals surface area contributed by atoms with Crippen molar-refractivity contribution in [1.82, 2.24) is 0 Å². The molecule has 4 heteroatoms. The van der Waals surface area contributed by atoms with Crippen molar-refractivity contribution in [2.24, 2.45) is 0 Å². The first-order valence-corrected chi connectivity index (χ1v) is 7.05. The Bertz CT molecular complexity index is 608. The Morgan fingerprint density at radius 2 is 1.90 bits per heavy atom. The lowest BCUT2D eigenvalue weighted by molar-refractivity contribution is 0.102. The van der Waals surface area contributed by atoms with Crippen molar-refractivity contribution >= 4 is 27.5 Å². The SMILES string of the molecule is COCc1ccc(C(=O)Nc2ccc(Br)cc2C)cc1. The quantitative estimate of drug-likeness (QED) is 0.912. The number of amides is 1. The molecule has 104 valence electrons. The molecule has 0 aliphatic carbocycles. The minimum Gasteiger partial charge on any atom is -0.380 e. The van der Waals surface area contributed by atoms with Crippen LogP contribution in [0.2, 0.25) is 0 Å². The number of carbonyl (C=O) groups is 1. The van der Waals surface area contributed by atoms with E-state index in [1.54, 1.807) is 19.2 Å². The summed E-state index contributed by atoms with van der Waals surface area (Å²) in [6, 6.07) is 13.2. The number of halogens is 1. The first-order valence-electron chi connectivity index (χ1n) is 6.25. The molecule has 0 saturated heterocycles. The van der Waals surface area contributed by atoms with E-state index in [9.17, 15) is 4.79 Å². The van der Waals surface area contributed by atoms with Gasteiger partial charge in [0, 0.05) is 22.8 Å². The number of carbonyl (C=O) groups excluding carboxylic acids is 1. The van der Waals surface area contributed by atoms with Gasteiger partial charge in [-0.3, -0.25) is 4.79 Å². The molecule has 20 heavy (non-hydrogen) atoms. The molecule has 3 nitrogen and oxygen atoms in total. The average Bonchev–Trinajstić information content (AvgIpc) is 2.43. The Hall–Kier alpha value is -1.65. The van der Waals surface area contributed by atoms with Gasteiger partial charge in [0.15, 0.2) is 0 Å². The second-order valence-corrected chi connectivity index (χ2v) is 5.46. The Kier molecular flexibility index (Phi) is 4.93. The van der Waals surface area contributed by atoms with E-state index in [-0.39, 0.29) is 5.91 Å². The number of nitrogens with one attached hydrogen (secondary N) is 1. The summed E-state index contributed by atoms with van der Waals surface area (Å²) in [5.74, 6) is -0.112. The van der Waals surface area contributed by atoms with Crippen LogP contribution in [0.15, 0.2) is 46.9 Å². The summed E-state index contributed by atoms with van der Waals surface area (Å²) < 4.78 is 6.04. The Labute approximate surface area is 127 Å². The molecule has 2 aromatic rings. The molecule has 0 aliphatic rings. The third kappa shape index (κ3) is 3.68. The third-order valence-electron chi connectivity index (χ3n) is 2.96. The fraction of sp³-hybridized carbons (Fsp3) is 0.188. The van der Waals surface area contributed by atoms with Gasteiger partial charge in [-0.05, 0) is 48.4 Å². The van der Waals surface area contributed by atoms with Gasteiger partial charge in [0.1, 0.15) is 0 Å². The van der Waals surface area contributed by atoms with Gasteiger partial charge in [0.2, 0.25) is 0 Å². The highest BCUT2D eigenvalue weighted by molar-refractivity contribution is 9.10. The highest BCUT2D eigenvalue weighted by Gasteiger charge is 2.07. The number of aryl methyl sites for hydroxylation is 1. The monoisotopic (exact) mass is 333 g/mol. The highest BCUT2D eigenvalue weighted by atomic mass is 79.9. The lowest BCUT2D eigenvalue weighted by Gasteiger charge is -2.09. The van der Waals surface area contributed by atoms with E-state index < -0.39 is 0 Å². The molecular weight excluding hydrogens is 318 g/mol. The number of ether oxygens (including phenoxy) is 1. The average molecular weight is 334 g/mol.